The molecule has 0 amide bonds. The van der Waals surface area contributed by atoms with Crippen molar-refractivity contribution in [3.8, 4) is 5.75 Å². The fraction of sp³-hybridized carbons (Fsp3) is 0.625. The number of hydrogen-bond acceptors (Lipinski definition) is 4. The molecule has 0 aliphatic carbocycles. The lowest BCUT2D eigenvalue weighted by Crippen LogP contribution is -2.40. The Balaban J connectivity index is 1.71. The van der Waals surface area contributed by atoms with Crippen LogP contribution in [0.25, 0.3) is 0 Å². The van der Waals surface area contributed by atoms with Crippen LogP contribution in [0, 0.1) is 13.8 Å². The van der Waals surface area contributed by atoms with E-state index in [2.05, 4.69) is 18.3 Å². The molecule has 1 aromatic carbocycles. The predicted octanol–water partition coefficient (Wildman–Crippen LogP) is 1.81. The number of aliphatic hydroxyl groups is 1. The highest BCUT2D eigenvalue weighted by Crippen LogP contribution is 2.20. The molecule has 1 unspecified atom stereocenters. The Bertz CT molecular complexity index is 416. The van der Waals surface area contributed by atoms with E-state index in [4.69, 9.17) is 9.47 Å². The second kappa shape index (κ2) is 7.62. The van der Waals surface area contributed by atoms with Gasteiger partial charge in [0.2, 0.25) is 0 Å². The van der Waals surface area contributed by atoms with Gasteiger partial charge in [0.15, 0.2) is 0 Å². The molecule has 4 nitrogen and oxygen atoms in total. The summed E-state index contributed by atoms with van der Waals surface area (Å²) in [5.41, 5.74) is 2.34. The molecule has 0 spiro atoms. The first-order chi connectivity index (χ1) is 9.66. The first kappa shape index (κ1) is 15.3. The number of ether oxygens (including phenoxy) is 2. The molecule has 1 heterocycles. The lowest BCUT2D eigenvalue weighted by atomic mass is 10.1. The number of benzene rings is 1. The van der Waals surface area contributed by atoms with Crippen LogP contribution in [0.2, 0.25) is 0 Å². The van der Waals surface area contributed by atoms with Gasteiger partial charge in [-0.15, -0.1) is 0 Å². The lowest BCUT2D eigenvalue weighted by molar-refractivity contribution is 0.0654. The SMILES string of the molecule is Cc1cccc(OCC(O)CNC2CCOCC2)c1C. The van der Waals surface area contributed by atoms with Gasteiger partial charge < -0.3 is 19.9 Å². The second-order valence-corrected chi connectivity index (χ2v) is 5.46. The molecule has 1 aromatic rings. The van der Waals surface area contributed by atoms with Gasteiger partial charge in [-0.25, -0.2) is 0 Å². The molecule has 0 saturated carbocycles. The van der Waals surface area contributed by atoms with Crippen LogP contribution in [0.4, 0.5) is 0 Å². The third kappa shape index (κ3) is 4.47. The van der Waals surface area contributed by atoms with Crippen molar-refractivity contribution in [3.05, 3.63) is 29.3 Å². The molecular weight excluding hydrogens is 254 g/mol. The van der Waals surface area contributed by atoms with Gasteiger partial charge in [-0.2, -0.15) is 0 Å². The molecule has 1 fully saturated rings. The quantitative estimate of drug-likeness (QED) is 0.834. The highest BCUT2D eigenvalue weighted by atomic mass is 16.5. The van der Waals surface area contributed by atoms with E-state index in [0.717, 1.165) is 37.4 Å². The van der Waals surface area contributed by atoms with Crippen molar-refractivity contribution in [1.29, 1.82) is 0 Å². The Labute approximate surface area is 121 Å². The molecule has 2 N–H and O–H groups in total. The third-order valence-corrected chi connectivity index (χ3v) is 3.85. The summed E-state index contributed by atoms with van der Waals surface area (Å²) in [5.74, 6) is 0.857. The Kier molecular flexibility index (Phi) is 5.83. The van der Waals surface area contributed by atoms with Crippen LogP contribution in [-0.2, 0) is 4.74 Å². The zero-order valence-electron chi connectivity index (χ0n) is 12.4. The summed E-state index contributed by atoms with van der Waals surface area (Å²) in [6.45, 7) is 6.61. The van der Waals surface area contributed by atoms with E-state index >= 15 is 0 Å². The van der Waals surface area contributed by atoms with Gasteiger partial charge in [0, 0.05) is 25.8 Å². The van der Waals surface area contributed by atoms with E-state index in [-0.39, 0.29) is 0 Å². The van der Waals surface area contributed by atoms with Gasteiger partial charge in [0.1, 0.15) is 18.5 Å². The Morgan fingerprint density at radius 2 is 2.10 bits per heavy atom. The molecule has 0 aromatic heterocycles. The molecule has 4 heteroatoms. The van der Waals surface area contributed by atoms with Crippen LogP contribution in [0.15, 0.2) is 18.2 Å². The number of aliphatic hydroxyl groups excluding tert-OH is 1. The molecule has 1 saturated heterocycles. The highest BCUT2D eigenvalue weighted by Gasteiger charge is 2.15. The summed E-state index contributed by atoms with van der Waals surface area (Å²) >= 11 is 0. The number of rotatable bonds is 6. The van der Waals surface area contributed by atoms with Crippen molar-refractivity contribution in [3.63, 3.8) is 0 Å². The minimum atomic E-state index is -0.488. The summed E-state index contributed by atoms with van der Waals surface area (Å²) in [6, 6.07) is 6.44. The summed E-state index contributed by atoms with van der Waals surface area (Å²) < 4.78 is 11.0. The number of aryl methyl sites for hydroxylation is 1. The minimum Gasteiger partial charge on any atom is -0.491 e. The van der Waals surface area contributed by atoms with E-state index in [0.29, 0.717) is 19.2 Å². The molecule has 20 heavy (non-hydrogen) atoms. The molecule has 0 bridgehead atoms. The van der Waals surface area contributed by atoms with Crippen molar-refractivity contribution in [2.75, 3.05) is 26.4 Å². The van der Waals surface area contributed by atoms with Crippen LogP contribution >= 0.6 is 0 Å². The Morgan fingerprint density at radius 1 is 1.35 bits per heavy atom. The second-order valence-electron chi connectivity index (χ2n) is 5.46. The standard InChI is InChI=1S/C16H25NO3/c1-12-4-3-5-16(13(12)2)20-11-15(18)10-17-14-6-8-19-9-7-14/h3-5,14-15,17-18H,6-11H2,1-2H3. The van der Waals surface area contributed by atoms with Gasteiger partial charge in [-0.1, -0.05) is 12.1 Å². The van der Waals surface area contributed by atoms with Gasteiger partial charge in [-0.05, 0) is 43.9 Å². The highest BCUT2D eigenvalue weighted by molar-refractivity contribution is 5.38. The number of nitrogens with one attached hydrogen (secondary N) is 1. The monoisotopic (exact) mass is 279 g/mol. The molecule has 112 valence electrons. The third-order valence-electron chi connectivity index (χ3n) is 3.85. The van der Waals surface area contributed by atoms with Gasteiger partial charge in [0.05, 0.1) is 0 Å². The maximum atomic E-state index is 9.98. The minimum absolute atomic E-state index is 0.320. The van der Waals surface area contributed by atoms with Gasteiger partial charge >= 0.3 is 0 Å². The van der Waals surface area contributed by atoms with Crippen LogP contribution < -0.4 is 10.1 Å². The molecule has 2 rings (SSSR count). The van der Waals surface area contributed by atoms with Crippen LogP contribution in [0.5, 0.6) is 5.75 Å². The van der Waals surface area contributed by atoms with E-state index in [1.807, 2.05) is 19.1 Å². The first-order valence-electron chi connectivity index (χ1n) is 7.35. The van der Waals surface area contributed by atoms with E-state index in [9.17, 15) is 5.11 Å². The Morgan fingerprint density at radius 3 is 2.85 bits per heavy atom. The largest absolute Gasteiger partial charge is 0.491 e. The molecule has 0 radical (unpaired) electrons. The summed E-state index contributed by atoms with van der Waals surface area (Å²) in [7, 11) is 0. The average Bonchev–Trinajstić information content (AvgIpc) is 2.48. The average molecular weight is 279 g/mol. The zero-order chi connectivity index (χ0) is 14.4. The van der Waals surface area contributed by atoms with Crippen LogP contribution in [-0.4, -0.2) is 43.6 Å². The lowest BCUT2D eigenvalue weighted by Gasteiger charge is -2.24. The van der Waals surface area contributed by atoms with Gasteiger partial charge in [-0.3, -0.25) is 0 Å². The maximum Gasteiger partial charge on any atom is 0.122 e. The smallest absolute Gasteiger partial charge is 0.122 e. The molecule has 1 atom stereocenters. The summed E-state index contributed by atoms with van der Waals surface area (Å²) in [6.07, 6.45) is 1.55. The molecule has 1 aliphatic rings. The van der Waals surface area contributed by atoms with E-state index < -0.39 is 6.10 Å². The molecular formula is C16H25NO3. The van der Waals surface area contributed by atoms with Crippen LogP contribution in [0.1, 0.15) is 24.0 Å². The van der Waals surface area contributed by atoms with Crippen molar-refractivity contribution >= 4 is 0 Å². The van der Waals surface area contributed by atoms with Crippen molar-refractivity contribution in [2.45, 2.75) is 38.8 Å². The summed E-state index contributed by atoms with van der Waals surface area (Å²) in [4.78, 5) is 0. The number of hydrogen-bond donors (Lipinski definition) is 2. The van der Waals surface area contributed by atoms with Crippen LogP contribution in [0.3, 0.4) is 0 Å². The zero-order valence-corrected chi connectivity index (χ0v) is 12.4. The van der Waals surface area contributed by atoms with Crippen molar-refractivity contribution in [1.82, 2.24) is 5.32 Å². The summed E-state index contributed by atoms with van der Waals surface area (Å²) in [5, 5.41) is 13.4. The normalized spacial score (nSPS) is 17.9. The predicted molar refractivity (Wildman–Crippen MR) is 79.3 cm³/mol. The van der Waals surface area contributed by atoms with Crippen molar-refractivity contribution < 1.29 is 14.6 Å². The fourth-order valence-electron chi connectivity index (χ4n) is 2.33. The topological polar surface area (TPSA) is 50.7 Å². The van der Waals surface area contributed by atoms with Crippen molar-refractivity contribution in [2.24, 2.45) is 0 Å². The van der Waals surface area contributed by atoms with E-state index in [1.165, 1.54) is 5.56 Å². The van der Waals surface area contributed by atoms with E-state index in [1.54, 1.807) is 0 Å². The fourth-order valence-corrected chi connectivity index (χ4v) is 2.33. The first-order valence-corrected chi connectivity index (χ1v) is 7.35. The maximum absolute atomic E-state index is 9.98. The van der Waals surface area contributed by atoms with Gasteiger partial charge in [0.25, 0.3) is 0 Å². The Hall–Kier alpha value is -1.10. The molecule has 1 aliphatic heterocycles.